The van der Waals surface area contributed by atoms with Crippen molar-refractivity contribution in [1.82, 2.24) is 10.2 Å². The molecule has 1 saturated heterocycles. The van der Waals surface area contributed by atoms with Crippen LogP contribution >= 0.6 is 12.4 Å². The molecule has 1 aliphatic rings. The average molecular weight is 461 g/mol. The fraction of sp³-hybridized carbons (Fsp3) is 0.440. The highest BCUT2D eigenvalue weighted by Gasteiger charge is 2.32. The van der Waals surface area contributed by atoms with Crippen molar-refractivity contribution in [1.29, 1.82) is 0 Å². The van der Waals surface area contributed by atoms with Crippen LogP contribution in [0.15, 0.2) is 60.7 Å². The fourth-order valence-corrected chi connectivity index (χ4v) is 3.59. The van der Waals surface area contributed by atoms with Crippen molar-refractivity contribution >= 4 is 24.5 Å². The van der Waals surface area contributed by atoms with Crippen molar-refractivity contribution in [3.8, 4) is 0 Å². The number of hydrogen-bond donors (Lipinski definition) is 1. The first-order valence-corrected chi connectivity index (χ1v) is 10.8. The van der Waals surface area contributed by atoms with E-state index in [-0.39, 0.29) is 37.1 Å². The van der Waals surface area contributed by atoms with Crippen molar-refractivity contribution in [2.24, 2.45) is 0 Å². The predicted molar refractivity (Wildman–Crippen MR) is 127 cm³/mol. The van der Waals surface area contributed by atoms with Gasteiger partial charge in [-0.1, -0.05) is 60.7 Å². The molecular weight excluding hydrogens is 428 g/mol. The first-order chi connectivity index (χ1) is 14.8. The van der Waals surface area contributed by atoms with Gasteiger partial charge in [0.05, 0.1) is 0 Å². The minimum absolute atomic E-state index is 0. The lowest BCUT2D eigenvalue weighted by molar-refractivity contribution is -0.157. The van der Waals surface area contributed by atoms with Crippen LogP contribution in [0.25, 0.3) is 0 Å². The summed E-state index contributed by atoms with van der Waals surface area (Å²) in [4.78, 5) is 27.0. The van der Waals surface area contributed by atoms with Gasteiger partial charge in [-0.25, -0.2) is 4.79 Å². The fourth-order valence-electron chi connectivity index (χ4n) is 3.59. The normalized spacial score (nSPS) is 16.7. The smallest absolute Gasteiger partial charge is 0.410 e. The van der Waals surface area contributed by atoms with Crippen LogP contribution in [0.1, 0.15) is 38.3 Å². The van der Waals surface area contributed by atoms with Crippen LogP contribution < -0.4 is 5.32 Å². The molecule has 1 amide bonds. The third-order valence-corrected chi connectivity index (χ3v) is 5.06. The zero-order valence-electron chi connectivity index (χ0n) is 19.0. The average Bonchev–Trinajstić information content (AvgIpc) is 3.20. The Morgan fingerprint density at radius 1 is 1.03 bits per heavy atom. The molecule has 174 valence electrons. The van der Waals surface area contributed by atoms with Gasteiger partial charge in [-0.15, -0.1) is 12.4 Å². The number of halogens is 1. The Morgan fingerprint density at radius 3 is 2.22 bits per heavy atom. The van der Waals surface area contributed by atoms with Gasteiger partial charge >= 0.3 is 12.1 Å². The Morgan fingerprint density at radius 2 is 1.62 bits per heavy atom. The third-order valence-electron chi connectivity index (χ3n) is 5.06. The van der Waals surface area contributed by atoms with Gasteiger partial charge in [-0.2, -0.15) is 0 Å². The summed E-state index contributed by atoms with van der Waals surface area (Å²) in [5.74, 6) is -0.276. The van der Waals surface area contributed by atoms with Crippen LogP contribution in [0.2, 0.25) is 0 Å². The van der Waals surface area contributed by atoms with Gasteiger partial charge in [-0.3, -0.25) is 10.1 Å². The molecule has 1 aliphatic heterocycles. The largest absolute Gasteiger partial charge is 0.459 e. The van der Waals surface area contributed by atoms with Crippen LogP contribution in [0, 0.1) is 0 Å². The van der Waals surface area contributed by atoms with Crippen LogP contribution in [0.4, 0.5) is 4.79 Å². The van der Waals surface area contributed by atoms with Gasteiger partial charge < -0.3 is 14.4 Å². The molecule has 0 saturated carbocycles. The second-order valence-electron chi connectivity index (χ2n) is 8.91. The summed E-state index contributed by atoms with van der Waals surface area (Å²) in [6, 6.07) is 19.0. The van der Waals surface area contributed by atoms with Gasteiger partial charge in [0, 0.05) is 19.1 Å². The maximum absolute atomic E-state index is 12.8. The highest BCUT2D eigenvalue weighted by Crippen LogP contribution is 2.16. The quantitative estimate of drug-likeness (QED) is 0.622. The number of likely N-dealkylation sites (tertiary alicyclic amines) is 1. The molecule has 0 aliphatic carbocycles. The standard InChI is InChI=1S/C25H32N2O4.ClH/c1-25(2,3)31-23(28)22(16-19-10-6-4-7-11-19)26-21-14-15-27(17-21)24(29)30-18-20-12-8-5-9-13-20;/h4-13,21-22,26H,14-18H2,1-3H3;1H/t21-,22-;/m0./s1. The van der Waals surface area contributed by atoms with Crippen LogP contribution in [0.5, 0.6) is 0 Å². The molecule has 0 unspecified atom stereocenters. The van der Waals surface area contributed by atoms with Gasteiger partial charge in [0.15, 0.2) is 0 Å². The molecule has 1 fully saturated rings. The number of carbonyl (C=O) groups is 2. The van der Waals surface area contributed by atoms with E-state index in [0.29, 0.717) is 19.5 Å². The number of esters is 1. The molecule has 0 spiro atoms. The Balaban J connectivity index is 0.00000363. The van der Waals surface area contributed by atoms with Gasteiger partial charge in [0.1, 0.15) is 18.2 Å². The van der Waals surface area contributed by atoms with Crippen molar-refractivity contribution in [3.63, 3.8) is 0 Å². The topological polar surface area (TPSA) is 67.9 Å². The van der Waals surface area contributed by atoms with Crippen LogP contribution in [0.3, 0.4) is 0 Å². The Labute approximate surface area is 196 Å². The zero-order valence-corrected chi connectivity index (χ0v) is 19.8. The lowest BCUT2D eigenvalue weighted by Gasteiger charge is -2.27. The predicted octanol–water partition coefficient (Wildman–Crippen LogP) is 4.36. The Kier molecular flexibility index (Phi) is 9.54. The number of hydrogen-bond acceptors (Lipinski definition) is 5. The molecule has 2 aromatic rings. The van der Waals surface area contributed by atoms with Crippen molar-refractivity contribution < 1.29 is 19.1 Å². The van der Waals surface area contributed by atoms with E-state index in [0.717, 1.165) is 17.5 Å². The summed E-state index contributed by atoms with van der Waals surface area (Å²) in [6.45, 7) is 6.95. The summed E-state index contributed by atoms with van der Waals surface area (Å²) in [7, 11) is 0. The van der Waals surface area contributed by atoms with E-state index < -0.39 is 11.6 Å². The first-order valence-electron chi connectivity index (χ1n) is 10.8. The van der Waals surface area contributed by atoms with Gasteiger partial charge in [0.2, 0.25) is 0 Å². The minimum Gasteiger partial charge on any atom is -0.459 e. The molecule has 6 nitrogen and oxygen atoms in total. The zero-order chi connectivity index (χ0) is 22.3. The minimum atomic E-state index is -0.559. The van der Waals surface area contributed by atoms with Crippen LogP contribution in [-0.2, 0) is 27.3 Å². The van der Waals surface area contributed by atoms with E-state index in [1.54, 1.807) is 4.90 Å². The van der Waals surface area contributed by atoms with Crippen molar-refractivity contribution in [2.75, 3.05) is 13.1 Å². The number of amides is 1. The number of benzene rings is 2. The lowest BCUT2D eigenvalue weighted by Crippen LogP contribution is -2.48. The van der Waals surface area contributed by atoms with E-state index in [4.69, 9.17) is 9.47 Å². The number of ether oxygens (including phenoxy) is 2. The molecule has 0 bridgehead atoms. The maximum atomic E-state index is 12.8. The van der Waals surface area contributed by atoms with E-state index in [1.807, 2.05) is 81.4 Å². The first kappa shape index (κ1) is 25.7. The van der Waals surface area contributed by atoms with Crippen molar-refractivity contribution in [3.05, 3.63) is 71.8 Å². The summed E-state index contributed by atoms with van der Waals surface area (Å²) in [6.07, 6.45) is 0.962. The molecule has 1 heterocycles. The molecule has 2 aromatic carbocycles. The third kappa shape index (κ3) is 8.17. The SMILES string of the molecule is CC(C)(C)OC(=O)[C@H](Cc1ccccc1)N[C@H]1CCN(C(=O)OCc2ccccc2)C1.Cl. The van der Waals surface area contributed by atoms with Gasteiger partial charge in [-0.05, 0) is 44.7 Å². The molecule has 1 N–H and O–H groups in total. The molecule has 3 rings (SSSR count). The Hall–Kier alpha value is -2.57. The lowest BCUT2D eigenvalue weighted by atomic mass is 10.0. The van der Waals surface area contributed by atoms with E-state index in [1.165, 1.54) is 0 Å². The van der Waals surface area contributed by atoms with E-state index >= 15 is 0 Å². The molecule has 0 radical (unpaired) electrons. The summed E-state index contributed by atoms with van der Waals surface area (Å²) >= 11 is 0. The highest BCUT2D eigenvalue weighted by atomic mass is 35.5. The van der Waals surface area contributed by atoms with Gasteiger partial charge in [0.25, 0.3) is 0 Å². The number of rotatable bonds is 7. The number of nitrogens with one attached hydrogen (secondary N) is 1. The van der Waals surface area contributed by atoms with Crippen molar-refractivity contribution in [2.45, 2.75) is 57.9 Å². The van der Waals surface area contributed by atoms with Crippen LogP contribution in [-0.4, -0.2) is 47.7 Å². The van der Waals surface area contributed by atoms with E-state index in [9.17, 15) is 9.59 Å². The molecule has 32 heavy (non-hydrogen) atoms. The van der Waals surface area contributed by atoms with E-state index in [2.05, 4.69) is 5.32 Å². The monoisotopic (exact) mass is 460 g/mol. The summed E-state index contributed by atoms with van der Waals surface area (Å²) in [5, 5.41) is 3.42. The second kappa shape index (κ2) is 11.9. The molecular formula is C25H33ClN2O4. The summed E-state index contributed by atoms with van der Waals surface area (Å²) < 4.78 is 11.1. The number of nitrogens with zero attached hydrogens (tertiary/aromatic N) is 1. The Bertz CT molecular complexity index is 855. The molecule has 0 aromatic heterocycles. The highest BCUT2D eigenvalue weighted by molar-refractivity contribution is 5.85. The number of carbonyl (C=O) groups excluding carboxylic acids is 2. The summed E-state index contributed by atoms with van der Waals surface area (Å²) in [5.41, 5.74) is 1.46. The molecule has 7 heteroatoms. The molecule has 2 atom stereocenters. The second-order valence-corrected chi connectivity index (χ2v) is 8.91. The maximum Gasteiger partial charge on any atom is 0.410 e.